The van der Waals surface area contributed by atoms with Crippen LogP contribution in [-0.4, -0.2) is 17.6 Å². The Bertz CT molecular complexity index is 499. The lowest BCUT2D eigenvalue weighted by atomic mass is 9.99. The summed E-state index contributed by atoms with van der Waals surface area (Å²) < 4.78 is 68.3. The fraction of sp³-hybridized carbons (Fsp3) is 0.500. The quantitative estimate of drug-likeness (QED) is 0.631. The van der Waals surface area contributed by atoms with Crippen LogP contribution in [0.2, 0.25) is 0 Å². The van der Waals surface area contributed by atoms with Crippen LogP contribution >= 0.6 is 0 Å². The molecule has 0 amide bonds. The summed E-state index contributed by atoms with van der Waals surface area (Å²) >= 11 is 0. The number of ether oxygens (including phenoxy) is 1. The molecule has 1 heterocycles. The number of esters is 1. The van der Waals surface area contributed by atoms with Crippen LogP contribution in [0.3, 0.4) is 0 Å². The van der Waals surface area contributed by atoms with Gasteiger partial charge < -0.3 is 4.74 Å². The van der Waals surface area contributed by atoms with Crippen LogP contribution in [0.5, 0.6) is 0 Å². The van der Waals surface area contributed by atoms with Crippen molar-refractivity contribution in [3.63, 3.8) is 0 Å². The van der Waals surface area contributed by atoms with Gasteiger partial charge in [-0.3, -0.25) is 9.78 Å². The van der Waals surface area contributed by atoms with Gasteiger partial charge in [-0.1, -0.05) is 0 Å². The summed E-state index contributed by atoms with van der Waals surface area (Å²) in [5, 5.41) is 0. The molecule has 0 saturated heterocycles. The molecule has 0 atom stereocenters. The van der Waals surface area contributed by atoms with E-state index < -0.39 is 41.8 Å². The largest absolute Gasteiger partial charge is 0.466 e. The average Bonchev–Trinajstić information content (AvgIpc) is 2.29. The minimum absolute atomic E-state index is 0.0127. The Labute approximate surface area is 111 Å². The number of halogens is 5. The van der Waals surface area contributed by atoms with Crippen molar-refractivity contribution in [2.45, 2.75) is 32.9 Å². The highest BCUT2D eigenvalue weighted by atomic mass is 19.4. The molecule has 0 saturated carbocycles. The third-order valence-corrected chi connectivity index (χ3v) is 2.63. The minimum atomic E-state index is -4.83. The summed E-state index contributed by atoms with van der Waals surface area (Å²) in [6.07, 6.45) is -8.06. The van der Waals surface area contributed by atoms with E-state index in [-0.39, 0.29) is 12.2 Å². The number of rotatable bonds is 4. The van der Waals surface area contributed by atoms with Crippen molar-refractivity contribution in [1.29, 1.82) is 0 Å². The van der Waals surface area contributed by atoms with Crippen LogP contribution in [0, 0.1) is 6.92 Å². The zero-order valence-electron chi connectivity index (χ0n) is 10.7. The Morgan fingerprint density at radius 1 is 1.40 bits per heavy atom. The molecule has 0 bridgehead atoms. The van der Waals surface area contributed by atoms with Crippen molar-refractivity contribution in [3.8, 4) is 0 Å². The smallest absolute Gasteiger partial charge is 0.433 e. The predicted octanol–water partition coefficient (Wildman–Crippen LogP) is 3.45. The van der Waals surface area contributed by atoms with Crippen LogP contribution < -0.4 is 0 Å². The van der Waals surface area contributed by atoms with E-state index in [2.05, 4.69) is 9.72 Å². The molecule has 0 spiro atoms. The number of carbonyl (C=O) groups excluding carboxylic acids is 1. The van der Waals surface area contributed by atoms with Crippen LogP contribution in [0.15, 0.2) is 6.20 Å². The molecular weight excluding hydrogens is 285 g/mol. The second kappa shape index (κ2) is 6.15. The number of hydrogen-bond acceptors (Lipinski definition) is 3. The van der Waals surface area contributed by atoms with Crippen LogP contribution in [0.25, 0.3) is 0 Å². The van der Waals surface area contributed by atoms with E-state index in [1.165, 1.54) is 6.92 Å². The topological polar surface area (TPSA) is 39.2 Å². The molecule has 0 aliphatic carbocycles. The molecule has 0 unspecified atom stereocenters. The number of nitrogens with zero attached hydrogens (tertiary/aromatic N) is 1. The minimum Gasteiger partial charge on any atom is -0.466 e. The van der Waals surface area contributed by atoms with E-state index in [4.69, 9.17) is 0 Å². The summed E-state index contributed by atoms with van der Waals surface area (Å²) in [5.41, 5.74) is -2.84. The first-order valence-corrected chi connectivity index (χ1v) is 5.67. The van der Waals surface area contributed by atoms with E-state index in [0.29, 0.717) is 6.20 Å². The third kappa shape index (κ3) is 3.64. The highest BCUT2D eigenvalue weighted by molar-refractivity contribution is 5.73. The molecule has 1 aromatic heterocycles. The maximum atomic E-state index is 12.8. The number of alkyl halides is 5. The van der Waals surface area contributed by atoms with Crippen molar-refractivity contribution >= 4 is 5.97 Å². The highest BCUT2D eigenvalue weighted by Crippen LogP contribution is 2.35. The third-order valence-electron chi connectivity index (χ3n) is 2.63. The molecule has 1 aromatic rings. The van der Waals surface area contributed by atoms with Crippen molar-refractivity contribution in [2.24, 2.45) is 0 Å². The van der Waals surface area contributed by atoms with Gasteiger partial charge in [0.1, 0.15) is 5.69 Å². The fourth-order valence-corrected chi connectivity index (χ4v) is 1.70. The Kier molecular flexibility index (Phi) is 5.02. The standard InChI is InChI=1S/C12H12F5NO2/c1-3-20-9(19)4-7-6(2)8(11(13)14)5-18-10(7)12(15,16)17/h5,11H,3-4H2,1-2H3. The predicted molar refractivity (Wildman–Crippen MR) is 59.3 cm³/mol. The summed E-state index contributed by atoms with van der Waals surface area (Å²) in [5.74, 6) is -0.922. The van der Waals surface area contributed by atoms with Gasteiger partial charge in [0.05, 0.1) is 13.0 Å². The molecule has 0 N–H and O–H groups in total. The Balaban J connectivity index is 3.34. The van der Waals surface area contributed by atoms with Crippen LogP contribution in [-0.2, 0) is 22.1 Å². The first kappa shape index (κ1) is 16.3. The molecule has 20 heavy (non-hydrogen) atoms. The molecule has 0 aliphatic heterocycles. The van der Waals surface area contributed by atoms with Gasteiger partial charge in [0.15, 0.2) is 0 Å². The normalized spacial score (nSPS) is 11.8. The first-order chi connectivity index (χ1) is 9.18. The Morgan fingerprint density at radius 3 is 2.45 bits per heavy atom. The summed E-state index contributed by atoms with van der Waals surface area (Å²) in [4.78, 5) is 14.4. The van der Waals surface area contributed by atoms with Gasteiger partial charge in [0.2, 0.25) is 0 Å². The van der Waals surface area contributed by atoms with E-state index in [1.807, 2.05) is 0 Å². The second-order valence-electron chi connectivity index (χ2n) is 3.95. The number of pyridine rings is 1. The second-order valence-corrected chi connectivity index (χ2v) is 3.95. The van der Waals surface area contributed by atoms with Gasteiger partial charge in [0.25, 0.3) is 6.43 Å². The zero-order chi connectivity index (χ0) is 15.5. The lowest BCUT2D eigenvalue weighted by molar-refractivity contribution is -0.144. The summed E-state index contributed by atoms with van der Waals surface area (Å²) in [7, 11) is 0. The van der Waals surface area contributed by atoms with E-state index in [1.54, 1.807) is 0 Å². The van der Waals surface area contributed by atoms with Crippen molar-refractivity contribution in [1.82, 2.24) is 4.98 Å². The number of hydrogen-bond donors (Lipinski definition) is 0. The Hall–Kier alpha value is -1.73. The molecule has 0 aliphatic rings. The fourth-order valence-electron chi connectivity index (χ4n) is 1.70. The summed E-state index contributed by atoms with van der Waals surface area (Å²) in [6, 6.07) is 0. The van der Waals surface area contributed by atoms with Gasteiger partial charge in [0, 0.05) is 11.8 Å². The summed E-state index contributed by atoms with van der Waals surface area (Å²) in [6.45, 7) is 2.58. The monoisotopic (exact) mass is 297 g/mol. The molecule has 3 nitrogen and oxygen atoms in total. The molecular formula is C12H12F5NO2. The van der Waals surface area contributed by atoms with Crippen molar-refractivity contribution in [2.75, 3.05) is 6.61 Å². The molecule has 0 radical (unpaired) electrons. The van der Waals surface area contributed by atoms with Gasteiger partial charge in [-0.05, 0) is 25.0 Å². The molecule has 8 heteroatoms. The highest BCUT2D eigenvalue weighted by Gasteiger charge is 2.37. The number of carbonyl (C=O) groups is 1. The van der Waals surface area contributed by atoms with Gasteiger partial charge >= 0.3 is 12.1 Å². The maximum Gasteiger partial charge on any atom is 0.433 e. The van der Waals surface area contributed by atoms with Gasteiger partial charge in [-0.15, -0.1) is 0 Å². The SMILES string of the molecule is CCOC(=O)Cc1c(C(F)(F)F)ncc(C(F)F)c1C. The zero-order valence-corrected chi connectivity index (χ0v) is 10.7. The van der Waals surface area contributed by atoms with E-state index in [0.717, 1.165) is 6.92 Å². The first-order valence-electron chi connectivity index (χ1n) is 5.67. The van der Waals surface area contributed by atoms with Gasteiger partial charge in [-0.25, -0.2) is 8.78 Å². The molecule has 112 valence electrons. The Morgan fingerprint density at radius 2 is 2.00 bits per heavy atom. The molecule has 1 rings (SSSR count). The average molecular weight is 297 g/mol. The molecule has 0 aromatic carbocycles. The molecule has 0 fully saturated rings. The lowest BCUT2D eigenvalue weighted by Gasteiger charge is -2.16. The van der Waals surface area contributed by atoms with Crippen LogP contribution in [0.1, 0.15) is 35.7 Å². The van der Waals surface area contributed by atoms with E-state index >= 15 is 0 Å². The van der Waals surface area contributed by atoms with Crippen molar-refractivity contribution in [3.05, 3.63) is 28.6 Å². The lowest BCUT2D eigenvalue weighted by Crippen LogP contribution is -2.18. The van der Waals surface area contributed by atoms with Gasteiger partial charge in [-0.2, -0.15) is 13.2 Å². The van der Waals surface area contributed by atoms with Crippen LogP contribution in [0.4, 0.5) is 22.0 Å². The van der Waals surface area contributed by atoms with E-state index in [9.17, 15) is 26.7 Å². The maximum absolute atomic E-state index is 12.8. The number of aromatic nitrogens is 1. The van der Waals surface area contributed by atoms with Crippen molar-refractivity contribution < 1.29 is 31.5 Å².